The van der Waals surface area contributed by atoms with Crippen LogP contribution in [-0.2, 0) is 4.79 Å². The number of carbonyl (C=O) groups is 1. The standard InChI is InChI=1S/C13H18N2OS/c1-3-17-13-7-6-11(9-14-13)12-5-4-8-15(12)10(2)16/h6-7,9,12H,3-5,8H2,1-2H3/t12-/m1/s1. The quantitative estimate of drug-likeness (QED) is 0.773. The van der Waals surface area contributed by atoms with E-state index in [9.17, 15) is 4.79 Å². The topological polar surface area (TPSA) is 33.2 Å². The molecule has 1 aromatic rings. The van der Waals surface area contributed by atoms with Crippen LogP contribution in [0.1, 0.15) is 38.3 Å². The average Bonchev–Trinajstić information content (AvgIpc) is 2.79. The third-order valence-corrected chi connectivity index (χ3v) is 3.92. The zero-order valence-electron chi connectivity index (χ0n) is 10.3. The van der Waals surface area contributed by atoms with E-state index in [2.05, 4.69) is 24.0 Å². The molecule has 3 nitrogen and oxygen atoms in total. The number of thioether (sulfide) groups is 1. The summed E-state index contributed by atoms with van der Waals surface area (Å²) < 4.78 is 0. The largest absolute Gasteiger partial charge is 0.336 e. The molecule has 0 N–H and O–H groups in total. The number of aromatic nitrogens is 1. The maximum Gasteiger partial charge on any atom is 0.219 e. The number of likely N-dealkylation sites (tertiary alicyclic amines) is 1. The van der Waals surface area contributed by atoms with Gasteiger partial charge in [-0.25, -0.2) is 4.98 Å². The molecule has 0 radical (unpaired) electrons. The van der Waals surface area contributed by atoms with Crippen molar-refractivity contribution < 1.29 is 4.79 Å². The smallest absolute Gasteiger partial charge is 0.219 e. The zero-order chi connectivity index (χ0) is 12.3. The van der Waals surface area contributed by atoms with Gasteiger partial charge < -0.3 is 4.90 Å². The minimum absolute atomic E-state index is 0.166. The Hall–Kier alpha value is -1.03. The summed E-state index contributed by atoms with van der Waals surface area (Å²) in [7, 11) is 0. The fourth-order valence-electron chi connectivity index (χ4n) is 2.31. The van der Waals surface area contributed by atoms with E-state index in [-0.39, 0.29) is 11.9 Å². The van der Waals surface area contributed by atoms with Gasteiger partial charge in [0.05, 0.1) is 11.1 Å². The number of hydrogen-bond donors (Lipinski definition) is 0. The van der Waals surface area contributed by atoms with Crippen LogP contribution < -0.4 is 0 Å². The molecule has 17 heavy (non-hydrogen) atoms. The van der Waals surface area contributed by atoms with Crippen molar-refractivity contribution in [1.29, 1.82) is 0 Å². The normalized spacial score (nSPS) is 19.6. The molecule has 92 valence electrons. The van der Waals surface area contributed by atoms with Crippen molar-refractivity contribution in [2.24, 2.45) is 0 Å². The van der Waals surface area contributed by atoms with Crippen molar-refractivity contribution >= 4 is 17.7 Å². The molecule has 0 saturated carbocycles. The summed E-state index contributed by atoms with van der Waals surface area (Å²) in [4.78, 5) is 17.9. The van der Waals surface area contributed by atoms with Crippen LogP contribution in [-0.4, -0.2) is 28.1 Å². The van der Waals surface area contributed by atoms with E-state index in [1.54, 1.807) is 18.7 Å². The minimum atomic E-state index is 0.166. The average molecular weight is 250 g/mol. The molecule has 2 heterocycles. The lowest BCUT2D eigenvalue weighted by Crippen LogP contribution is -2.28. The highest BCUT2D eigenvalue weighted by Gasteiger charge is 2.27. The van der Waals surface area contributed by atoms with E-state index in [1.807, 2.05) is 11.1 Å². The Balaban J connectivity index is 2.13. The number of pyridine rings is 1. The van der Waals surface area contributed by atoms with Crippen LogP contribution in [0, 0.1) is 0 Å². The van der Waals surface area contributed by atoms with Gasteiger partial charge in [0.15, 0.2) is 0 Å². The summed E-state index contributed by atoms with van der Waals surface area (Å²) in [5.41, 5.74) is 1.16. The fourth-order valence-corrected chi connectivity index (χ4v) is 2.90. The molecule has 1 fully saturated rings. The molecule has 1 amide bonds. The lowest BCUT2D eigenvalue weighted by Gasteiger charge is -2.23. The molecule has 0 spiro atoms. The van der Waals surface area contributed by atoms with Crippen molar-refractivity contribution in [2.45, 2.75) is 37.8 Å². The predicted molar refractivity (Wildman–Crippen MR) is 70.0 cm³/mol. The fraction of sp³-hybridized carbons (Fsp3) is 0.538. The van der Waals surface area contributed by atoms with E-state index < -0.39 is 0 Å². The maximum atomic E-state index is 11.5. The van der Waals surface area contributed by atoms with Crippen molar-refractivity contribution in [3.05, 3.63) is 23.9 Å². The van der Waals surface area contributed by atoms with Crippen LogP contribution in [0.2, 0.25) is 0 Å². The monoisotopic (exact) mass is 250 g/mol. The highest BCUT2D eigenvalue weighted by Crippen LogP contribution is 2.32. The highest BCUT2D eigenvalue weighted by atomic mass is 32.2. The van der Waals surface area contributed by atoms with Crippen molar-refractivity contribution in [3.63, 3.8) is 0 Å². The molecule has 1 aromatic heterocycles. The van der Waals surface area contributed by atoms with Gasteiger partial charge in [-0.05, 0) is 30.2 Å². The number of hydrogen-bond acceptors (Lipinski definition) is 3. The number of nitrogens with zero attached hydrogens (tertiary/aromatic N) is 2. The molecule has 0 aliphatic carbocycles. The van der Waals surface area contributed by atoms with Crippen LogP contribution in [0.15, 0.2) is 23.4 Å². The van der Waals surface area contributed by atoms with Gasteiger partial charge in [0.25, 0.3) is 0 Å². The number of rotatable bonds is 3. The summed E-state index contributed by atoms with van der Waals surface area (Å²) in [6.45, 7) is 4.65. The second-order valence-corrected chi connectivity index (χ2v) is 5.52. The SMILES string of the molecule is CCSc1ccc([C@H]2CCCN2C(C)=O)cn1. The Morgan fingerprint density at radius 2 is 2.41 bits per heavy atom. The van der Waals surface area contributed by atoms with Crippen LogP contribution in [0.5, 0.6) is 0 Å². The molecular weight excluding hydrogens is 232 g/mol. The molecule has 0 bridgehead atoms. The summed E-state index contributed by atoms with van der Waals surface area (Å²) >= 11 is 1.74. The second-order valence-electron chi connectivity index (χ2n) is 4.23. The first-order valence-electron chi connectivity index (χ1n) is 6.08. The van der Waals surface area contributed by atoms with Crippen LogP contribution in [0.3, 0.4) is 0 Å². The van der Waals surface area contributed by atoms with Crippen LogP contribution in [0.4, 0.5) is 0 Å². The van der Waals surface area contributed by atoms with E-state index >= 15 is 0 Å². The predicted octanol–water partition coefficient (Wildman–Crippen LogP) is 2.88. The molecule has 2 rings (SSSR count). The van der Waals surface area contributed by atoms with Gasteiger partial charge >= 0.3 is 0 Å². The highest BCUT2D eigenvalue weighted by molar-refractivity contribution is 7.99. The summed E-state index contributed by atoms with van der Waals surface area (Å²) in [5.74, 6) is 1.20. The number of amides is 1. The van der Waals surface area contributed by atoms with Crippen molar-refractivity contribution in [1.82, 2.24) is 9.88 Å². The first kappa shape index (κ1) is 12.4. The third-order valence-electron chi connectivity index (χ3n) is 3.09. The summed E-state index contributed by atoms with van der Waals surface area (Å²) in [5, 5.41) is 1.06. The minimum Gasteiger partial charge on any atom is -0.336 e. The van der Waals surface area contributed by atoms with Crippen LogP contribution in [0.25, 0.3) is 0 Å². The third kappa shape index (κ3) is 2.80. The molecule has 0 unspecified atom stereocenters. The second kappa shape index (κ2) is 5.54. The first-order valence-corrected chi connectivity index (χ1v) is 7.07. The van der Waals surface area contributed by atoms with Crippen molar-refractivity contribution in [3.8, 4) is 0 Å². The molecule has 1 saturated heterocycles. The van der Waals surface area contributed by atoms with Crippen LogP contribution >= 0.6 is 11.8 Å². The lowest BCUT2D eigenvalue weighted by atomic mass is 10.1. The van der Waals surface area contributed by atoms with E-state index in [1.165, 1.54) is 0 Å². The zero-order valence-corrected chi connectivity index (χ0v) is 11.2. The lowest BCUT2D eigenvalue weighted by molar-refractivity contribution is -0.129. The molecule has 1 atom stereocenters. The van der Waals surface area contributed by atoms with Gasteiger partial charge in [0, 0.05) is 19.7 Å². The summed E-state index contributed by atoms with van der Waals surface area (Å²) in [6.07, 6.45) is 4.07. The Bertz CT molecular complexity index is 391. The number of carbonyl (C=O) groups excluding carboxylic acids is 1. The molecule has 1 aliphatic rings. The van der Waals surface area contributed by atoms with Gasteiger partial charge in [0.2, 0.25) is 5.91 Å². The van der Waals surface area contributed by atoms with E-state index in [0.29, 0.717) is 0 Å². The van der Waals surface area contributed by atoms with E-state index in [4.69, 9.17) is 0 Å². The molecule has 4 heteroatoms. The molecule has 1 aliphatic heterocycles. The van der Waals surface area contributed by atoms with Gasteiger partial charge in [-0.15, -0.1) is 11.8 Å². The van der Waals surface area contributed by atoms with E-state index in [0.717, 1.165) is 35.7 Å². The maximum absolute atomic E-state index is 11.5. The van der Waals surface area contributed by atoms with Gasteiger partial charge in [0.1, 0.15) is 0 Å². The van der Waals surface area contributed by atoms with Gasteiger partial charge in [-0.3, -0.25) is 4.79 Å². The Morgan fingerprint density at radius 1 is 1.59 bits per heavy atom. The molecule has 0 aromatic carbocycles. The summed E-state index contributed by atoms with van der Waals surface area (Å²) in [6, 6.07) is 4.40. The first-order chi connectivity index (χ1) is 8.22. The Kier molecular flexibility index (Phi) is 4.05. The van der Waals surface area contributed by atoms with Gasteiger partial charge in [-0.2, -0.15) is 0 Å². The van der Waals surface area contributed by atoms with Gasteiger partial charge in [-0.1, -0.05) is 13.0 Å². The van der Waals surface area contributed by atoms with Crippen molar-refractivity contribution in [2.75, 3.05) is 12.3 Å². The Morgan fingerprint density at radius 3 is 3.00 bits per heavy atom. The Labute approximate surface area is 107 Å². The molecular formula is C13H18N2OS.